The van der Waals surface area contributed by atoms with Crippen LogP contribution in [-0.4, -0.2) is 10.3 Å². The van der Waals surface area contributed by atoms with Crippen molar-refractivity contribution in [2.75, 3.05) is 0 Å². The predicted octanol–water partition coefficient (Wildman–Crippen LogP) is 3.03. The van der Waals surface area contributed by atoms with Crippen LogP contribution in [0.4, 0.5) is 0 Å². The zero-order chi connectivity index (χ0) is 12.3. The lowest BCUT2D eigenvalue weighted by atomic mass is 10.0. The van der Waals surface area contributed by atoms with Crippen molar-refractivity contribution in [3.8, 4) is 11.3 Å². The Hall–Kier alpha value is -1.61. The molecule has 1 aromatic heterocycles. The molecule has 0 radical (unpaired) electrons. The third-order valence-electron chi connectivity index (χ3n) is 2.60. The van der Waals surface area contributed by atoms with Crippen molar-refractivity contribution >= 4 is 0 Å². The first-order valence-electron chi connectivity index (χ1n) is 5.85. The fourth-order valence-electron chi connectivity index (χ4n) is 1.80. The summed E-state index contributed by atoms with van der Waals surface area (Å²) in [5.74, 6) is 1.36. The quantitative estimate of drug-likeness (QED) is 0.879. The first-order chi connectivity index (χ1) is 8.19. The summed E-state index contributed by atoms with van der Waals surface area (Å²) >= 11 is 0. The van der Waals surface area contributed by atoms with Crippen LogP contribution in [0.2, 0.25) is 0 Å². The fraction of sp³-hybridized carbons (Fsp3) is 0.357. The van der Waals surface area contributed by atoms with E-state index in [0.29, 0.717) is 17.4 Å². The maximum absolute atomic E-state index is 8.92. The van der Waals surface area contributed by atoms with Crippen molar-refractivity contribution in [3.63, 3.8) is 0 Å². The molecule has 90 valence electrons. The number of rotatable bonds is 4. The lowest BCUT2D eigenvalue weighted by molar-refractivity contribution is 0.267. The molecule has 0 aliphatic rings. The maximum Gasteiger partial charge on any atom is 0.167 e. The second kappa shape index (κ2) is 5.15. The Morgan fingerprint density at radius 1 is 1.24 bits per heavy atom. The lowest BCUT2D eigenvalue weighted by Crippen LogP contribution is -1.93. The number of nitrogens with zero attached hydrogens (tertiary/aromatic N) is 1. The second-order valence-corrected chi connectivity index (χ2v) is 4.64. The van der Waals surface area contributed by atoms with Gasteiger partial charge in [0.05, 0.1) is 6.61 Å². The molecule has 0 fully saturated rings. The molecule has 1 heterocycles. The van der Waals surface area contributed by atoms with E-state index in [-0.39, 0.29) is 6.61 Å². The van der Waals surface area contributed by atoms with E-state index in [1.54, 1.807) is 6.07 Å². The van der Waals surface area contributed by atoms with Crippen LogP contribution in [0.15, 0.2) is 34.9 Å². The van der Waals surface area contributed by atoms with Crippen molar-refractivity contribution in [1.82, 2.24) is 5.16 Å². The minimum absolute atomic E-state index is 0.0884. The van der Waals surface area contributed by atoms with Gasteiger partial charge < -0.3 is 9.63 Å². The topological polar surface area (TPSA) is 46.3 Å². The molecule has 0 saturated carbocycles. The van der Waals surface area contributed by atoms with E-state index < -0.39 is 0 Å². The summed E-state index contributed by atoms with van der Waals surface area (Å²) in [5, 5.41) is 12.7. The largest absolute Gasteiger partial charge is 0.390 e. The van der Waals surface area contributed by atoms with Crippen molar-refractivity contribution in [2.24, 2.45) is 5.92 Å². The molecular formula is C14H17NO2. The van der Waals surface area contributed by atoms with E-state index in [0.717, 1.165) is 12.0 Å². The molecule has 2 aromatic rings. The zero-order valence-corrected chi connectivity index (χ0v) is 10.2. The Morgan fingerprint density at radius 2 is 1.94 bits per heavy atom. The average Bonchev–Trinajstić information content (AvgIpc) is 2.78. The van der Waals surface area contributed by atoms with E-state index in [9.17, 15) is 0 Å². The van der Waals surface area contributed by atoms with Gasteiger partial charge in [-0.15, -0.1) is 0 Å². The Morgan fingerprint density at radius 3 is 2.47 bits per heavy atom. The normalized spacial score (nSPS) is 11.1. The third-order valence-corrected chi connectivity index (χ3v) is 2.60. The molecule has 0 aliphatic heterocycles. The standard InChI is InChI=1S/C14H17NO2/c1-10(2)7-11-3-5-12(6-4-11)14-8-13(9-16)15-17-14/h3-6,8,10,16H,7,9H2,1-2H3. The van der Waals surface area contributed by atoms with Crippen LogP contribution in [0.25, 0.3) is 11.3 Å². The third kappa shape index (κ3) is 2.94. The summed E-state index contributed by atoms with van der Waals surface area (Å²) in [5.41, 5.74) is 2.88. The molecular weight excluding hydrogens is 214 g/mol. The molecule has 0 saturated heterocycles. The average molecular weight is 231 g/mol. The second-order valence-electron chi connectivity index (χ2n) is 4.64. The van der Waals surface area contributed by atoms with Crippen LogP contribution in [0.3, 0.4) is 0 Å². The number of aliphatic hydroxyl groups excluding tert-OH is 1. The summed E-state index contributed by atoms with van der Waals surface area (Å²) < 4.78 is 5.15. The molecule has 3 nitrogen and oxygen atoms in total. The van der Waals surface area contributed by atoms with Gasteiger partial charge in [0, 0.05) is 11.6 Å². The van der Waals surface area contributed by atoms with Gasteiger partial charge in [-0.1, -0.05) is 43.3 Å². The molecule has 0 atom stereocenters. The Labute approximate surface area is 101 Å². The van der Waals surface area contributed by atoms with Crippen molar-refractivity contribution < 1.29 is 9.63 Å². The highest BCUT2D eigenvalue weighted by molar-refractivity contribution is 5.57. The van der Waals surface area contributed by atoms with Gasteiger partial charge in [0.1, 0.15) is 5.69 Å². The predicted molar refractivity (Wildman–Crippen MR) is 66.4 cm³/mol. The molecule has 0 aliphatic carbocycles. The van der Waals surface area contributed by atoms with Crippen LogP contribution in [0.5, 0.6) is 0 Å². The summed E-state index contributed by atoms with van der Waals surface area (Å²) in [6, 6.07) is 10.0. The molecule has 0 spiro atoms. The SMILES string of the molecule is CC(C)Cc1ccc(-c2cc(CO)no2)cc1. The van der Waals surface area contributed by atoms with Gasteiger partial charge in [0.25, 0.3) is 0 Å². The van der Waals surface area contributed by atoms with E-state index in [4.69, 9.17) is 9.63 Å². The molecule has 2 rings (SSSR count). The van der Waals surface area contributed by atoms with E-state index in [1.807, 2.05) is 12.1 Å². The maximum atomic E-state index is 8.92. The summed E-state index contributed by atoms with van der Waals surface area (Å²) in [4.78, 5) is 0. The minimum atomic E-state index is -0.0884. The van der Waals surface area contributed by atoms with E-state index in [2.05, 4.69) is 31.1 Å². The summed E-state index contributed by atoms with van der Waals surface area (Å²) in [7, 11) is 0. The molecule has 1 N–H and O–H groups in total. The molecule has 17 heavy (non-hydrogen) atoms. The minimum Gasteiger partial charge on any atom is -0.390 e. The van der Waals surface area contributed by atoms with Crippen LogP contribution >= 0.6 is 0 Å². The molecule has 1 aromatic carbocycles. The van der Waals surface area contributed by atoms with Gasteiger partial charge in [-0.05, 0) is 17.9 Å². The van der Waals surface area contributed by atoms with Gasteiger partial charge in [0.15, 0.2) is 5.76 Å². The molecule has 0 amide bonds. The smallest absolute Gasteiger partial charge is 0.167 e. The number of aromatic nitrogens is 1. The van der Waals surface area contributed by atoms with E-state index in [1.165, 1.54) is 5.56 Å². The first-order valence-corrected chi connectivity index (χ1v) is 5.85. The summed E-state index contributed by atoms with van der Waals surface area (Å²) in [6.45, 7) is 4.32. The first kappa shape index (κ1) is 11.9. The van der Waals surface area contributed by atoms with Gasteiger partial charge in [-0.2, -0.15) is 0 Å². The monoisotopic (exact) mass is 231 g/mol. The zero-order valence-electron chi connectivity index (χ0n) is 10.2. The van der Waals surface area contributed by atoms with Crippen molar-refractivity contribution in [1.29, 1.82) is 0 Å². The molecule has 0 unspecified atom stereocenters. The van der Waals surface area contributed by atoms with Gasteiger partial charge in [0.2, 0.25) is 0 Å². The number of hydrogen-bond acceptors (Lipinski definition) is 3. The van der Waals surface area contributed by atoms with E-state index >= 15 is 0 Å². The lowest BCUT2D eigenvalue weighted by Gasteiger charge is -2.04. The number of benzene rings is 1. The highest BCUT2D eigenvalue weighted by Crippen LogP contribution is 2.21. The van der Waals surface area contributed by atoms with Crippen LogP contribution in [-0.2, 0) is 13.0 Å². The number of hydrogen-bond donors (Lipinski definition) is 1. The molecule has 0 bridgehead atoms. The Kier molecular flexibility index (Phi) is 3.59. The highest BCUT2D eigenvalue weighted by Gasteiger charge is 2.06. The van der Waals surface area contributed by atoms with Gasteiger partial charge in [-0.25, -0.2) is 0 Å². The number of aliphatic hydroxyl groups is 1. The van der Waals surface area contributed by atoms with Gasteiger partial charge in [-0.3, -0.25) is 0 Å². The Bertz CT molecular complexity index is 471. The van der Waals surface area contributed by atoms with Crippen molar-refractivity contribution in [3.05, 3.63) is 41.6 Å². The molecule has 3 heteroatoms. The summed E-state index contributed by atoms with van der Waals surface area (Å²) in [6.07, 6.45) is 1.08. The Balaban J connectivity index is 2.17. The van der Waals surface area contributed by atoms with Gasteiger partial charge >= 0.3 is 0 Å². The fourth-order valence-corrected chi connectivity index (χ4v) is 1.80. The van der Waals surface area contributed by atoms with Crippen LogP contribution < -0.4 is 0 Å². The highest BCUT2D eigenvalue weighted by atomic mass is 16.5. The van der Waals surface area contributed by atoms with Crippen LogP contribution in [0.1, 0.15) is 25.1 Å². The van der Waals surface area contributed by atoms with Crippen LogP contribution in [0, 0.1) is 5.92 Å². The van der Waals surface area contributed by atoms with Crippen molar-refractivity contribution in [2.45, 2.75) is 26.9 Å².